The highest BCUT2D eigenvalue weighted by atomic mass is 15.3. The van der Waals surface area contributed by atoms with Gasteiger partial charge in [0.15, 0.2) is 0 Å². The lowest BCUT2D eigenvalue weighted by atomic mass is 10.1. The molecule has 0 aliphatic rings. The van der Waals surface area contributed by atoms with Gasteiger partial charge in [-0.3, -0.25) is 4.98 Å². The summed E-state index contributed by atoms with van der Waals surface area (Å²) in [6.45, 7) is 6.22. The molecule has 0 aliphatic carbocycles. The predicted octanol–water partition coefficient (Wildman–Crippen LogP) is 4.38. The molecule has 6 heteroatoms. The van der Waals surface area contributed by atoms with Crippen molar-refractivity contribution in [3.05, 3.63) is 84.1 Å². The molecule has 0 fully saturated rings. The van der Waals surface area contributed by atoms with Gasteiger partial charge in [-0.15, -0.1) is 0 Å². The lowest BCUT2D eigenvalue weighted by Gasteiger charge is -2.14. The third-order valence-electron chi connectivity index (χ3n) is 4.87. The molecule has 1 atom stereocenters. The van der Waals surface area contributed by atoms with E-state index >= 15 is 0 Å². The van der Waals surface area contributed by atoms with Crippen LogP contribution in [-0.2, 0) is 6.42 Å². The molecule has 1 unspecified atom stereocenters. The molecule has 3 heterocycles. The Hall–Kier alpha value is -3.54. The quantitative estimate of drug-likeness (QED) is 0.534. The second-order valence-electron chi connectivity index (χ2n) is 7.16. The smallest absolute Gasteiger partial charge is 0.223 e. The van der Waals surface area contributed by atoms with Gasteiger partial charge in [0.25, 0.3) is 0 Å². The fraction of sp³-hybridized carbons (Fsp3) is 0.217. The largest absolute Gasteiger partial charge is 0.351 e. The minimum Gasteiger partial charge on any atom is -0.351 e. The van der Waals surface area contributed by atoms with E-state index in [2.05, 4.69) is 41.3 Å². The summed E-state index contributed by atoms with van der Waals surface area (Å²) in [4.78, 5) is 13.2. The lowest BCUT2D eigenvalue weighted by molar-refractivity contribution is 0.776. The molecule has 1 aromatic carbocycles. The second kappa shape index (κ2) is 8.22. The summed E-state index contributed by atoms with van der Waals surface area (Å²) < 4.78 is 1.96. The van der Waals surface area contributed by atoms with Crippen molar-refractivity contribution in [3.8, 4) is 16.9 Å². The fourth-order valence-electron chi connectivity index (χ4n) is 3.55. The van der Waals surface area contributed by atoms with Gasteiger partial charge in [0.1, 0.15) is 0 Å². The molecular weight excluding hydrogens is 360 g/mol. The maximum absolute atomic E-state index is 4.77. The molecular formula is C23H24N6. The molecule has 0 amide bonds. The Morgan fingerprint density at radius 1 is 0.966 bits per heavy atom. The summed E-state index contributed by atoms with van der Waals surface area (Å²) in [5.41, 5.74) is 6.19. The molecule has 0 saturated carbocycles. The summed E-state index contributed by atoms with van der Waals surface area (Å²) in [7, 11) is 0. The molecule has 0 spiro atoms. The van der Waals surface area contributed by atoms with Crippen molar-refractivity contribution in [2.24, 2.45) is 0 Å². The number of nitrogens with zero attached hydrogens (tertiary/aromatic N) is 5. The number of hydrogen-bond acceptors (Lipinski definition) is 5. The monoisotopic (exact) mass is 384 g/mol. The Morgan fingerprint density at radius 3 is 2.48 bits per heavy atom. The molecule has 4 rings (SSSR count). The Morgan fingerprint density at radius 2 is 1.72 bits per heavy atom. The van der Waals surface area contributed by atoms with Crippen LogP contribution in [0.5, 0.6) is 0 Å². The second-order valence-corrected chi connectivity index (χ2v) is 7.16. The molecule has 6 nitrogen and oxygen atoms in total. The van der Waals surface area contributed by atoms with Crippen molar-refractivity contribution in [3.63, 3.8) is 0 Å². The molecule has 0 aliphatic heterocycles. The SMILES string of the molecule is Cc1nn(-c2ccccc2)c(C)c1-c1ccnc(NC(C)Cc2ccncc2)n1. The predicted molar refractivity (Wildman–Crippen MR) is 115 cm³/mol. The number of hydrogen-bond donors (Lipinski definition) is 1. The lowest BCUT2D eigenvalue weighted by Crippen LogP contribution is -2.19. The molecule has 3 aromatic heterocycles. The summed E-state index contributed by atoms with van der Waals surface area (Å²) in [6, 6.07) is 16.3. The van der Waals surface area contributed by atoms with Crippen molar-refractivity contribution in [1.29, 1.82) is 0 Å². The number of anilines is 1. The number of aryl methyl sites for hydroxylation is 1. The van der Waals surface area contributed by atoms with Crippen LogP contribution in [0.15, 0.2) is 67.1 Å². The van der Waals surface area contributed by atoms with E-state index in [-0.39, 0.29) is 6.04 Å². The van der Waals surface area contributed by atoms with Gasteiger partial charge in [0.05, 0.1) is 22.8 Å². The van der Waals surface area contributed by atoms with Gasteiger partial charge in [-0.2, -0.15) is 5.10 Å². The Labute approximate surface area is 170 Å². The first kappa shape index (κ1) is 18.8. The van der Waals surface area contributed by atoms with Gasteiger partial charge in [0.2, 0.25) is 5.95 Å². The highest BCUT2D eigenvalue weighted by molar-refractivity contribution is 5.66. The molecule has 146 valence electrons. The van der Waals surface area contributed by atoms with Crippen LogP contribution in [0, 0.1) is 13.8 Å². The normalized spacial score (nSPS) is 12.0. The van der Waals surface area contributed by atoms with Crippen LogP contribution in [0.3, 0.4) is 0 Å². The van der Waals surface area contributed by atoms with Crippen LogP contribution in [0.1, 0.15) is 23.9 Å². The van der Waals surface area contributed by atoms with Gasteiger partial charge < -0.3 is 5.32 Å². The average molecular weight is 384 g/mol. The third-order valence-corrected chi connectivity index (χ3v) is 4.87. The zero-order valence-corrected chi connectivity index (χ0v) is 16.9. The molecule has 1 N–H and O–H groups in total. The number of para-hydroxylation sites is 1. The first-order valence-corrected chi connectivity index (χ1v) is 9.72. The van der Waals surface area contributed by atoms with E-state index in [9.17, 15) is 0 Å². The summed E-state index contributed by atoms with van der Waals surface area (Å²) in [6.07, 6.45) is 6.30. The van der Waals surface area contributed by atoms with Gasteiger partial charge in [0, 0.05) is 30.2 Å². The minimum atomic E-state index is 0.196. The average Bonchev–Trinajstić information content (AvgIpc) is 3.03. The van der Waals surface area contributed by atoms with Crippen LogP contribution in [-0.4, -0.2) is 30.8 Å². The number of rotatable bonds is 6. The highest BCUT2D eigenvalue weighted by Crippen LogP contribution is 2.27. The fourth-order valence-corrected chi connectivity index (χ4v) is 3.55. The van der Waals surface area contributed by atoms with Crippen LogP contribution < -0.4 is 5.32 Å². The number of nitrogens with one attached hydrogen (secondary N) is 1. The van der Waals surface area contributed by atoms with Crippen molar-refractivity contribution in [2.75, 3.05) is 5.32 Å². The first-order valence-electron chi connectivity index (χ1n) is 9.72. The zero-order chi connectivity index (χ0) is 20.2. The molecule has 0 radical (unpaired) electrons. The van der Waals surface area contributed by atoms with E-state index in [1.165, 1.54) is 5.56 Å². The third kappa shape index (κ3) is 4.16. The van der Waals surface area contributed by atoms with Crippen LogP contribution in [0.2, 0.25) is 0 Å². The van der Waals surface area contributed by atoms with Gasteiger partial charge in [-0.1, -0.05) is 18.2 Å². The van der Waals surface area contributed by atoms with Crippen LogP contribution >= 0.6 is 0 Å². The van der Waals surface area contributed by atoms with Crippen LogP contribution in [0.4, 0.5) is 5.95 Å². The van der Waals surface area contributed by atoms with Crippen molar-refractivity contribution in [2.45, 2.75) is 33.2 Å². The maximum atomic E-state index is 4.77. The van der Waals surface area contributed by atoms with Gasteiger partial charge in [-0.25, -0.2) is 14.6 Å². The summed E-state index contributed by atoms with van der Waals surface area (Å²) in [5, 5.41) is 8.14. The Kier molecular flexibility index (Phi) is 5.33. The van der Waals surface area contributed by atoms with E-state index in [1.54, 1.807) is 6.20 Å². The summed E-state index contributed by atoms with van der Waals surface area (Å²) in [5.74, 6) is 0.621. The number of aromatic nitrogens is 5. The van der Waals surface area contributed by atoms with E-state index in [1.807, 2.05) is 60.4 Å². The standard InChI is InChI=1S/C23H24N6/c1-16(15-19-9-12-24-13-10-19)26-23-25-14-11-21(27-23)22-17(2)28-29(18(22)3)20-7-5-4-6-8-20/h4-14,16H,15H2,1-3H3,(H,25,26,27). The molecule has 29 heavy (non-hydrogen) atoms. The van der Waals surface area contributed by atoms with Gasteiger partial charge >= 0.3 is 0 Å². The van der Waals surface area contributed by atoms with Crippen molar-refractivity contribution < 1.29 is 0 Å². The van der Waals surface area contributed by atoms with Crippen molar-refractivity contribution >= 4 is 5.95 Å². The van der Waals surface area contributed by atoms with E-state index < -0.39 is 0 Å². The van der Waals surface area contributed by atoms with E-state index in [4.69, 9.17) is 10.1 Å². The first-order chi connectivity index (χ1) is 14.1. The number of benzene rings is 1. The van der Waals surface area contributed by atoms with Crippen LogP contribution in [0.25, 0.3) is 16.9 Å². The minimum absolute atomic E-state index is 0.196. The molecule has 0 bridgehead atoms. The van der Waals surface area contributed by atoms with E-state index in [0.717, 1.165) is 34.8 Å². The molecule has 4 aromatic rings. The van der Waals surface area contributed by atoms with Gasteiger partial charge in [-0.05, 0) is 63.1 Å². The zero-order valence-electron chi connectivity index (χ0n) is 16.9. The highest BCUT2D eigenvalue weighted by Gasteiger charge is 2.16. The summed E-state index contributed by atoms with van der Waals surface area (Å²) >= 11 is 0. The maximum Gasteiger partial charge on any atom is 0.223 e. The topological polar surface area (TPSA) is 68.5 Å². The molecule has 0 saturated heterocycles. The van der Waals surface area contributed by atoms with Crippen molar-refractivity contribution in [1.82, 2.24) is 24.7 Å². The Bertz CT molecular complexity index is 1090. The number of pyridine rings is 1. The Balaban J connectivity index is 1.58. The van der Waals surface area contributed by atoms with E-state index in [0.29, 0.717) is 5.95 Å².